The quantitative estimate of drug-likeness (QED) is 0.808. The molecule has 1 N–H and O–H groups in total. The average Bonchev–Trinajstić information content (AvgIpc) is 3.04. The molecule has 1 heterocycles. The van der Waals surface area contributed by atoms with E-state index < -0.39 is 0 Å². The lowest BCUT2D eigenvalue weighted by Gasteiger charge is -2.28. The number of amides is 1. The van der Waals surface area contributed by atoms with Gasteiger partial charge in [0, 0.05) is 13.6 Å². The van der Waals surface area contributed by atoms with Gasteiger partial charge in [0.2, 0.25) is 5.91 Å². The normalized spacial score (nSPS) is 39.8. The first-order chi connectivity index (χ1) is 8.24. The molecule has 3 unspecified atom stereocenters. The highest BCUT2D eigenvalue weighted by molar-refractivity contribution is 5.81. The predicted molar refractivity (Wildman–Crippen MR) is 67.6 cm³/mol. The number of carbonyl (C=O) groups excluding carboxylic acids is 1. The van der Waals surface area contributed by atoms with Crippen LogP contribution in [-0.2, 0) is 4.79 Å². The predicted octanol–water partition coefficient (Wildman–Crippen LogP) is 1.63. The summed E-state index contributed by atoms with van der Waals surface area (Å²) in [5.41, 5.74) is 0. The maximum absolute atomic E-state index is 12.2. The maximum Gasteiger partial charge on any atom is 0.239 e. The maximum atomic E-state index is 12.2. The number of nitrogens with zero attached hydrogens (tertiary/aromatic N) is 1. The van der Waals surface area contributed by atoms with Gasteiger partial charge in [0.1, 0.15) is 0 Å². The SMILES string of the molecule is CN(CC1CC2CCC1C2)C(=O)[C@H]1CCCN1. The Hall–Kier alpha value is -0.570. The zero-order chi connectivity index (χ0) is 11.8. The second-order valence-electron chi connectivity index (χ2n) is 6.30. The van der Waals surface area contributed by atoms with Crippen molar-refractivity contribution >= 4 is 5.91 Å². The van der Waals surface area contributed by atoms with E-state index in [0.29, 0.717) is 5.91 Å². The van der Waals surface area contributed by atoms with Crippen molar-refractivity contribution < 1.29 is 4.79 Å². The number of carbonyl (C=O) groups is 1. The van der Waals surface area contributed by atoms with Crippen LogP contribution in [-0.4, -0.2) is 37.0 Å². The number of nitrogens with one attached hydrogen (secondary N) is 1. The molecular formula is C14H24N2O. The van der Waals surface area contributed by atoms with Crippen molar-refractivity contribution in [2.45, 2.75) is 44.6 Å². The van der Waals surface area contributed by atoms with Crippen LogP contribution in [0.25, 0.3) is 0 Å². The second kappa shape index (κ2) is 4.60. The third-order valence-corrected chi connectivity index (χ3v) is 5.13. The molecule has 0 aromatic carbocycles. The third-order valence-electron chi connectivity index (χ3n) is 5.13. The first-order valence-corrected chi connectivity index (χ1v) is 7.22. The van der Waals surface area contributed by atoms with Gasteiger partial charge in [0.15, 0.2) is 0 Å². The van der Waals surface area contributed by atoms with Crippen LogP contribution in [0.4, 0.5) is 0 Å². The fourth-order valence-corrected chi connectivity index (χ4v) is 4.20. The fraction of sp³-hybridized carbons (Fsp3) is 0.929. The largest absolute Gasteiger partial charge is 0.344 e. The average molecular weight is 236 g/mol. The molecule has 3 fully saturated rings. The van der Waals surface area contributed by atoms with Crippen LogP contribution in [0.3, 0.4) is 0 Å². The van der Waals surface area contributed by atoms with Crippen LogP contribution >= 0.6 is 0 Å². The summed E-state index contributed by atoms with van der Waals surface area (Å²) in [4.78, 5) is 14.2. The van der Waals surface area contributed by atoms with Crippen LogP contribution in [0.1, 0.15) is 38.5 Å². The minimum Gasteiger partial charge on any atom is -0.344 e. The summed E-state index contributed by atoms with van der Waals surface area (Å²) in [6.45, 7) is 2.01. The lowest BCUT2D eigenvalue weighted by molar-refractivity contribution is -0.132. The molecule has 3 nitrogen and oxygen atoms in total. The van der Waals surface area contributed by atoms with Crippen molar-refractivity contribution in [1.82, 2.24) is 10.2 Å². The molecule has 1 amide bonds. The molecule has 4 atom stereocenters. The molecule has 0 spiro atoms. The second-order valence-corrected chi connectivity index (χ2v) is 6.30. The Labute approximate surface area is 104 Å². The van der Waals surface area contributed by atoms with Gasteiger partial charge in [0.05, 0.1) is 6.04 Å². The minimum atomic E-state index is 0.110. The molecule has 0 aromatic heterocycles. The zero-order valence-electron chi connectivity index (χ0n) is 10.8. The molecule has 0 aromatic rings. The van der Waals surface area contributed by atoms with Gasteiger partial charge in [-0.3, -0.25) is 4.79 Å². The van der Waals surface area contributed by atoms with E-state index in [4.69, 9.17) is 0 Å². The molecule has 17 heavy (non-hydrogen) atoms. The first kappa shape index (κ1) is 11.5. The van der Waals surface area contributed by atoms with Gasteiger partial charge < -0.3 is 10.2 Å². The Kier molecular flexibility index (Phi) is 3.12. The smallest absolute Gasteiger partial charge is 0.239 e. The highest BCUT2D eigenvalue weighted by Gasteiger charge is 2.40. The summed E-state index contributed by atoms with van der Waals surface area (Å²) in [5.74, 6) is 3.03. The van der Waals surface area contributed by atoms with E-state index in [0.717, 1.165) is 43.7 Å². The van der Waals surface area contributed by atoms with E-state index >= 15 is 0 Å². The molecule has 3 rings (SSSR count). The van der Waals surface area contributed by atoms with E-state index in [1.807, 2.05) is 11.9 Å². The van der Waals surface area contributed by atoms with Gasteiger partial charge in [0.25, 0.3) is 0 Å². The molecule has 0 radical (unpaired) electrons. The summed E-state index contributed by atoms with van der Waals surface area (Å²) >= 11 is 0. The lowest BCUT2D eigenvalue weighted by Crippen LogP contribution is -2.44. The molecule has 2 aliphatic carbocycles. The minimum absolute atomic E-state index is 0.110. The molecule has 1 saturated heterocycles. The number of hydrogen-bond donors (Lipinski definition) is 1. The number of rotatable bonds is 3. The highest BCUT2D eigenvalue weighted by Crippen LogP contribution is 2.48. The van der Waals surface area contributed by atoms with Gasteiger partial charge in [-0.05, 0) is 56.4 Å². The molecule has 96 valence electrons. The molecular weight excluding hydrogens is 212 g/mol. The Morgan fingerprint density at radius 2 is 2.18 bits per heavy atom. The summed E-state index contributed by atoms with van der Waals surface area (Å²) < 4.78 is 0. The van der Waals surface area contributed by atoms with E-state index in [-0.39, 0.29) is 6.04 Å². The molecule has 3 heteroatoms. The van der Waals surface area contributed by atoms with Gasteiger partial charge >= 0.3 is 0 Å². The summed E-state index contributed by atoms with van der Waals surface area (Å²) in [6, 6.07) is 0.110. The summed E-state index contributed by atoms with van der Waals surface area (Å²) in [6.07, 6.45) is 7.86. The van der Waals surface area contributed by atoms with Gasteiger partial charge in [-0.2, -0.15) is 0 Å². The summed E-state index contributed by atoms with van der Waals surface area (Å²) in [5, 5.41) is 3.30. The van der Waals surface area contributed by atoms with Gasteiger partial charge in [-0.1, -0.05) is 6.42 Å². The first-order valence-electron chi connectivity index (χ1n) is 7.22. The van der Waals surface area contributed by atoms with Crippen molar-refractivity contribution in [3.8, 4) is 0 Å². The standard InChI is InChI=1S/C14H24N2O/c1-16(14(17)13-3-2-6-15-13)9-12-8-10-4-5-11(12)7-10/h10-13,15H,2-9H2,1H3/t10?,11?,12?,13-/m1/s1. The highest BCUT2D eigenvalue weighted by atomic mass is 16.2. The van der Waals surface area contributed by atoms with Gasteiger partial charge in [-0.15, -0.1) is 0 Å². The van der Waals surface area contributed by atoms with E-state index in [1.165, 1.54) is 25.7 Å². The number of fused-ring (bicyclic) bond motifs is 2. The third kappa shape index (κ3) is 2.22. The van der Waals surface area contributed by atoms with Crippen LogP contribution in [0.15, 0.2) is 0 Å². The van der Waals surface area contributed by atoms with E-state index in [2.05, 4.69) is 5.32 Å². The van der Waals surface area contributed by atoms with E-state index in [1.54, 1.807) is 0 Å². The summed E-state index contributed by atoms with van der Waals surface area (Å²) in [7, 11) is 1.99. The van der Waals surface area contributed by atoms with Crippen LogP contribution < -0.4 is 5.32 Å². The van der Waals surface area contributed by atoms with Crippen LogP contribution in [0, 0.1) is 17.8 Å². The van der Waals surface area contributed by atoms with Crippen molar-refractivity contribution in [3.63, 3.8) is 0 Å². The van der Waals surface area contributed by atoms with Crippen LogP contribution in [0.2, 0.25) is 0 Å². The van der Waals surface area contributed by atoms with Crippen molar-refractivity contribution in [2.24, 2.45) is 17.8 Å². The molecule has 3 aliphatic rings. The lowest BCUT2D eigenvalue weighted by atomic mass is 9.88. The Bertz CT molecular complexity index is 299. The molecule has 1 aliphatic heterocycles. The zero-order valence-corrected chi connectivity index (χ0v) is 10.8. The van der Waals surface area contributed by atoms with E-state index in [9.17, 15) is 4.79 Å². The van der Waals surface area contributed by atoms with Crippen LogP contribution in [0.5, 0.6) is 0 Å². The fourth-order valence-electron chi connectivity index (χ4n) is 4.20. The molecule has 2 saturated carbocycles. The van der Waals surface area contributed by atoms with Crippen molar-refractivity contribution in [1.29, 1.82) is 0 Å². The monoisotopic (exact) mass is 236 g/mol. The number of likely N-dealkylation sites (N-methyl/N-ethyl adjacent to an activating group) is 1. The molecule has 2 bridgehead atoms. The Morgan fingerprint density at radius 3 is 2.76 bits per heavy atom. The van der Waals surface area contributed by atoms with Gasteiger partial charge in [-0.25, -0.2) is 0 Å². The topological polar surface area (TPSA) is 32.3 Å². The number of hydrogen-bond acceptors (Lipinski definition) is 2. The Morgan fingerprint density at radius 1 is 1.29 bits per heavy atom. The van der Waals surface area contributed by atoms with Crippen molar-refractivity contribution in [2.75, 3.05) is 20.1 Å². The van der Waals surface area contributed by atoms with Crippen molar-refractivity contribution in [3.05, 3.63) is 0 Å². The Balaban J connectivity index is 1.52.